The van der Waals surface area contributed by atoms with Crippen molar-refractivity contribution in [3.63, 3.8) is 0 Å². The van der Waals surface area contributed by atoms with E-state index in [2.05, 4.69) is 20.6 Å². The van der Waals surface area contributed by atoms with E-state index in [4.69, 9.17) is 9.47 Å². The molecule has 0 aliphatic heterocycles. The molecule has 2 aromatic heterocycles. The molecule has 1 aromatic carbocycles. The summed E-state index contributed by atoms with van der Waals surface area (Å²) in [6.07, 6.45) is 1.46. The third-order valence-electron chi connectivity index (χ3n) is 3.91. The van der Waals surface area contributed by atoms with Gasteiger partial charge in [0, 0.05) is 36.1 Å². The van der Waals surface area contributed by atoms with Crippen LogP contribution in [0.5, 0.6) is 0 Å². The number of carbonyl (C=O) groups is 1. The van der Waals surface area contributed by atoms with E-state index >= 15 is 0 Å². The van der Waals surface area contributed by atoms with Crippen molar-refractivity contribution in [1.29, 1.82) is 0 Å². The van der Waals surface area contributed by atoms with Crippen LogP contribution in [0.2, 0.25) is 0 Å². The topological polar surface area (TPSA) is 89.8 Å². The Bertz CT molecular complexity index is 938. The number of methoxy groups -OCH3 is 1. The van der Waals surface area contributed by atoms with E-state index in [1.807, 2.05) is 48.7 Å². The Labute approximate surface area is 157 Å². The summed E-state index contributed by atoms with van der Waals surface area (Å²) in [5.41, 5.74) is 4.43. The lowest BCUT2D eigenvalue weighted by atomic mass is 10.2. The van der Waals surface area contributed by atoms with Crippen LogP contribution in [0.3, 0.4) is 0 Å². The minimum absolute atomic E-state index is 0.209. The number of nitrogens with one attached hydrogen (secondary N) is 2. The number of aromatic nitrogens is 3. The van der Waals surface area contributed by atoms with Gasteiger partial charge >= 0.3 is 6.09 Å². The summed E-state index contributed by atoms with van der Waals surface area (Å²) in [6, 6.07) is 9.42. The Morgan fingerprint density at radius 2 is 1.96 bits per heavy atom. The van der Waals surface area contributed by atoms with Gasteiger partial charge in [-0.25, -0.2) is 14.8 Å². The van der Waals surface area contributed by atoms with Crippen molar-refractivity contribution in [3.05, 3.63) is 53.6 Å². The van der Waals surface area contributed by atoms with Crippen molar-refractivity contribution in [3.8, 4) is 0 Å². The van der Waals surface area contributed by atoms with Crippen LogP contribution in [-0.4, -0.2) is 40.8 Å². The van der Waals surface area contributed by atoms with Crippen LogP contribution in [0.15, 0.2) is 36.5 Å². The Morgan fingerprint density at radius 1 is 1.15 bits per heavy atom. The predicted octanol–water partition coefficient (Wildman–Crippen LogP) is 3.15. The summed E-state index contributed by atoms with van der Waals surface area (Å²) in [6.45, 7) is 5.10. The quantitative estimate of drug-likeness (QED) is 0.622. The van der Waals surface area contributed by atoms with E-state index < -0.39 is 6.09 Å². The third-order valence-corrected chi connectivity index (χ3v) is 3.91. The normalized spacial score (nSPS) is 10.8. The van der Waals surface area contributed by atoms with E-state index in [0.717, 1.165) is 22.8 Å². The molecule has 0 saturated carbocycles. The van der Waals surface area contributed by atoms with Gasteiger partial charge < -0.3 is 14.8 Å². The summed E-state index contributed by atoms with van der Waals surface area (Å²) in [7, 11) is 1.55. The van der Waals surface area contributed by atoms with Gasteiger partial charge in [0.1, 0.15) is 6.61 Å². The number of rotatable bonds is 7. The number of anilines is 2. The molecule has 0 fully saturated rings. The first-order chi connectivity index (χ1) is 13.0. The van der Waals surface area contributed by atoms with Crippen LogP contribution in [-0.2, 0) is 16.0 Å². The first kappa shape index (κ1) is 18.7. The number of carbonyl (C=O) groups excluding carboxylic acids is 1. The van der Waals surface area contributed by atoms with Gasteiger partial charge in [-0.05, 0) is 38.1 Å². The smallest absolute Gasteiger partial charge is 0.411 e. The van der Waals surface area contributed by atoms with E-state index in [1.54, 1.807) is 13.2 Å². The first-order valence-corrected chi connectivity index (χ1v) is 8.64. The number of hydrogen-bond acceptors (Lipinski definition) is 6. The lowest BCUT2D eigenvalue weighted by Gasteiger charge is -2.09. The van der Waals surface area contributed by atoms with Crippen molar-refractivity contribution in [1.82, 2.24) is 14.4 Å². The third kappa shape index (κ3) is 4.95. The van der Waals surface area contributed by atoms with Crippen molar-refractivity contribution >= 4 is 23.2 Å². The standard InChI is InChI=1S/C19H23N5O3/c1-13-9-14(2)24-12-17(22-18(24)21-13)11-20-15-5-4-6-16(10-15)23-19(25)27-8-7-26-3/h4-6,9-10,12,20H,7-8,11H2,1-3H3,(H,23,25). The molecule has 2 heterocycles. The van der Waals surface area contributed by atoms with Gasteiger partial charge in [0.2, 0.25) is 5.78 Å². The molecular formula is C19H23N5O3. The van der Waals surface area contributed by atoms with Gasteiger partial charge in [0.15, 0.2) is 0 Å². The van der Waals surface area contributed by atoms with Crippen LogP contribution in [0.25, 0.3) is 5.78 Å². The summed E-state index contributed by atoms with van der Waals surface area (Å²) >= 11 is 0. The average molecular weight is 369 g/mol. The fourth-order valence-corrected chi connectivity index (χ4v) is 2.67. The SMILES string of the molecule is COCCOC(=O)Nc1cccc(NCc2cn3c(C)cc(C)nc3n2)c1. The maximum Gasteiger partial charge on any atom is 0.411 e. The fourth-order valence-electron chi connectivity index (χ4n) is 2.67. The first-order valence-electron chi connectivity index (χ1n) is 8.64. The summed E-state index contributed by atoms with van der Waals surface area (Å²) < 4.78 is 11.8. The monoisotopic (exact) mass is 369 g/mol. The maximum absolute atomic E-state index is 11.7. The second-order valence-corrected chi connectivity index (χ2v) is 6.13. The molecule has 2 N–H and O–H groups in total. The second-order valence-electron chi connectivity index (χ2n) is 6.13. The molecule has 3 aromatic rings. The van der Waals surface area contributed by atoms with Crippen LogP contribution < -0.4 is 10.6 Å². The molecule has 8 nitrogen and oxygen atoms in total. The number of amides is 1. The van der Waals surface area contributed by atoms with Gasteiger partial charge in [-0.3, -0.25) is 9.72 Å². The van der Waals surface area contributed by atoms with Gasteiger partial charge in [0.25, 0.3) is 0 Å². The van der Waals surface area contributed by atoms with Gasteiger partial charge in [-0.1, -0.05) is 6.07 Å². The summed E-state index contributed by atoms with van der Waals surface area (Å²) in [5.74, 6) is 0.693. The Hall–Kier alpha value is -3.13. The van der Waals surface area contributed by atoms with Crippen LogP contribution >= 0.6 is 0 Å². The zero-order chi connectivity index (χ0) is 19.2. The van der Waals surface area contributed by atoms with E-state index in [1.165, 1.54) is 0 Å². The van der Waals surface area contributed by atoms with E-state index in [-0.39, 0.29) is 6.61 Å². The number of nitrogens with zero attached hydrogens (tertiary/aromatic N) is 3. The highest BCUT2D eigenvalue weighted by molar-refractivity contribution is 5.85. The molecule has 0 atom stereocenters. The molecule has 0 spiro atoms. The van der Waals surface area contributed by atoms with Crippen LogP contribution in [0.1, 0.15) is 17.1 Å². The highest BCUT2D eigenvalue weighted by atomic mass is 16.6. The maximum atomic E-state index is 11.7. The second kappa shape index (κ2) is 8.50. The van der Waals surface area contributed by atoms with Crippen molar-refractivity contribution < 1.29 is 14.3 Å². The number of fused-ring (bicyclic) bond motifs is 1. The van der Waals surface area contributed by atoms with E-state index in [0.29, 0.717) is 24.6 Å². The summed E-state index contributed by atoms with van der Waals surface area (Å²) in [5, 5.41) is 5.99. The van der Waals surface area contributed by atoms with Crippen molar-refractivity contribution in [2.75, 3.05) is 31.0 Å². The van der Waals surface area contributed by atoms with Gasteiger partial charge in [-0.15, -0.1) is 0 Å². The number of hydrogen-bond donors (Lipinski definition) is 2. The Morgan fingerprint density at radius 3 is 2.78 bits per heavy atom. The molecule has 27 heavy (non-hydrogen) atoms. The molecule has 3 rings (SSSR count). The molecule has 0 saturated heterocycles. The zero-order valence-corrected chi connectivity index (χ0v) is 15.7. The molecule has 0 unspecified atom stereocenters. The highest BCUT2D eigenvalue weighted by Crippen LogP contribution is 2.17. The summed E-state index contributed by atoms with van der Waals surface area (Å²) in [4.78, 5) is 20.7. The largest absolute Gasteiger partial charge is 0.447 e. The van der Waals surface area contributed by atoms with Gasteiger partial charge in [0.05, 0.1) is 18.8 Å². The molecule has 0 bridgehead atoms. The molecule has 0 radical (unpaired) electrons. The average Bonchev–Trinajstić information content (AvgIpc) is 3.04. The fraction of sp³-hybridized carbons (Fsp3) is 0.316. The number of benzene rings is 1. The number of aryl methyl sites for hydroxylation is 2. The number of imidazole rings is 1. The Kier molecular flexibility index (Phi) is 5.87. The van der Waals surface area contributed by atoms with Gasteiger partial charge in [-0.2, -0.15) is 0 Å². The molecule has 8 heteroatoms. The molecular weight excluding hydrogens is 346 g/mol. The lowest BCUT2D eigenvalue weighted by Crippen LogP contribution is -2.16. The van der Waals surface area contributed by atoms with Crippen molar-refractivity contribution in [2.24, 2.45) is 0 Å². The van der Waals surface area contributed by atoms with Crippen molar-refractivity contribution in [2.45, 2.75) is 20.4 Å². The predicted molar refractivity (Wildman–Crippen MR) is 103 cm³/mol. The molecule has 0 aliphatic carbocycles. The molecule has 142 valence electrons. The highest BCUT2D eigenvalue weighted by Gasteiger charge is 2.07. The Balaban J connectivity index is 1.61. The van der Waals surface area contributed by atoms with Crippen LogP contribution in [0.4, 0.5) is 16.2 Å². The number of ether oxygens (including phenoxy) is 2. The molecule has 0 aliphatic rings. The van der Waals surface area contributed by atoms with E-state index in [9.17, 15) is 4.79 Å². The van der Waals surface area contributed by atoms with Crippen LogP contribution in [0, 0.1) is 13.8 Å². The zero-order valence-electron chi connectivity index (χ0n) is 15.7. The lowest BCUT2D eigenvalue weighted by molar-refractivity contribution is 0.107. The minimum atomic E-state index is -0.513. The molecule has 1 amide bonds. The minimum Gasteiger partial charge on any atom is -0.447 e.